The fraction of sp³-hybridized carbons (Fsp3) is 0.333. The molecule has 0 spiro atoms. The van der Waals surface area contributed by atoms with Crippen molar-refractivity contribution in [2.45, 2.75) is 25.4 Å². The van der Waals surface area contributed by atoms with Crippen molar-refractivity contribution in [3.05, 3.63) is 34.8 Å². The van der Waals surface area contributed by atoms with E-state index in [0.717, 1.165) is 35.0 Å². The number of hydrogen-bond acceptors (Lipinski definition) is 6. The summed E-state index contributed by atoms with van der Waals surface area (Å²) in [6.07, 6.45) is 2.15. The van der Waals surface area contributed by atoms with Crippen LogP contribution >= 0.6 is 11.3 Å². The molecule has 2 aliphatic rings. The monoisotopic (exact) mass is 317 g/mol. The van der Waals surface area contributed by atoms with E-state index in [1.165, 1.54) is 11.3 Å². The Morgan fingerprint density at radius 2 is 2.18 bits per heavy atom. The van der Waals surface area contributed by atoms with Gasteiger partial charge in [0.15, 0.2) is 16.6 Å². The Labute approximate surface area is 131 Å². The molecule has 0 atom stereocenters. The number of benzene rings is 1. The van der Waals surface area contributed by atoms with E-state index in [0.29, 0.717) is 18.3 Å². The maximum atomic E-state index is 11.9. The largest absolute Gasteiger partial charge is 0.454 e. The van der Waals surface area contributed by atoms with Crippen molar-refractivity contribution >= 4 is 22.4 Å². The third-order valence-corrected chi connectivity index (χ3v) is 4.33. The summed E-state index contributed by atoms with van der Waals surface area (Å²) in [6.45, 7) is 0.895. The minimum atomic E-state index is -0.0881. The fourth-order valence-corrected chi connectivity index (χ4v) is 2.86. The van der Waals surface area contributed by atoms with Gasteiger partial charge in [0, 0.05) is 18.0 Å². The highest BCUT2D eigenvalue weighted by Gasteiger charge is 2.24. The summed E-state index contributed by atoms with van der Waals surface area (Å²) >= 11 is 1.43. The molecule has 1 saturated carbocycles. The maximum absolute atomic E-state index is 11.9. The Balaban J connectivity index is 1.37. The van der Waals surface area contributed by atoms with E-state index in [1.807, 2.05) is 18.2 Å². The molecule has 2 N–H and O–H groups in total. The van der Waals surface area contributed by atoms with Crippen molar-refractivity contribution < 1.29 is 14.3 Å². The van der Waals surface area contributed by atoms with Gasteiger partial charge in [-0.2, -0.15) is 0 Å². The van der Waals surface area contributed by atoms with Gasteiger partial charge in [0.2, 0.25) is 6.79 Å². The first-order valence-electron chi connectivity index (χ1n) is 7.17. The summed E-state index contributed by atoms with van der Waals surface area (Å²) in [5.74, 6) is 1.45. The molecule has 0 unspecified atom stereocenters. The Hall–Kier alpha value is -2.28. The highest BCUT2D eigenvalue weighted by Crippen LogP contribution is 2.32. The van der Waals surface area contributed by atoms with Crippen LogP contribution in [0.2, 0.25) is 0 Å². The first-order chi connectivity index (χ1) is 10.8. The number of hydrogen-bond donors (Lipinski definition) is 2. The summed E-state index contributed by atoms with van der Waals surface area (Å²) in [4.78, 5) is 16.2. The normalized spacial score (nSPS) is 15.6. The van der Waals surface area contributed by atoms with Crippen molar-refractivity contribution in [2.24, 2.45) is 0 Å². The van der Waals surface area contributed by atoms with Crippen molar-refractivity contribution in [2.75, 3.05) is 12.1 Å². The molecule has 22 heavy (non-hydrogen) atoms. The molecule has 1 aliphatic heterocycles. The van der Waals surface area contributed by atoms with Crippen molar-refractivity contribution in [3.63, 3.8) is 0 Å². The van der Waals surface area contributed by atoms with Gasteiger partial charge in [-0.05, 0) is 30.5 Å². The fourth-order valence-electron chi connectivity index (χ4n) is 2.17. The molecule has 2 aromatic rings. The number of anilines is 1. The highest BCUT2D eigenvalue weighted by molar-refractivity contribution is 7.13. The number of nitrogens with zero attached hydrogens (tertiary/aromatic N) is 1. The average Bonchev–Trinajstić information content (AvgIpc) is 3.05. The third kappa shape index (κ3) is 2.85. The highest BCUT2D eigenvalue weighted by atomic mass is 32.1. The number of thiazole rings is 1. The van der Waals surface area contributed by atoms with Gasteiger partial charge in [-0.3, -0.25) is 4.79 Å². The number of carbonyl (C=O) groups excluding carboxylic acids is 1. The Kier molecular flexibility index (Phi) is 3.34. The zero-order chi connectivity index (χ0) is 14.9. The Bertz CT molecular complexity index is 712. The van der Waals surface area contributed by atoms with Gasteiger partial charge in [-0.15, -0.1) is 11.3 Å². The third-order valence-electron chi connectivity index (χ3n) is 3.53. The van der Waals surface area contributed by atoms with E-state index in [1.54, 1.807) is 5.38 Å². The lowest BCUT2D eigenvalue weighted by atomic mass is 10.2. The number of amides is 1. The molecule has 6 nitrogen and oxygen atoms in total. The number of carbonyl (C=O) groups is 1. The topological polar surface area (TPSA) is 72.5 Å². The van der Waals surface area contributed by atoms with Crippen LogP contribution in [0.1, 0.15) is 28.9 Å². The Morgan fingerprint density at radius 1 is 1.32 bits per heavy atom. The van der Waals surface area contributed by atoms with Gasteiger partial charge in [0.05, 0.1) is 0 Å². The molecule has 1 aliphatic carbocycles. The smallest absolute Gasteiger partial charge is 0.271 e. The average molecular weight is 317 g/mol. The number of ether oxygens (including phenoxy) is 2. The molecule has 1 aromatic carbocycles. The lowest BCUT2D eigenvalue weighted by molar-refractivity contribution is 0.0947. The predicted octanol–water partition coefficient (Wildman–Crippen LogP) is 2.38. The molecule has 114 valence electrons. The van der Waals surface area contributed by atoms with Gasteiger partial charge < -0.3 is 20.1 Å². The SMILES string of the molecule is O=C(NC1CC1)c1csc(NCc2ccc3c(c2)OCO3)n1. The second kappa shape index (κ2) is 5.49. The molecule has 0 saturated heterocycles. The van der Waals surface area contributed by atoms with E-state index in [2.05, 4.69) is 15.6 Å². The predicted molar refractivity (Wildman–Crippen MR) is 82.5 cm³/mol. The molecular formula is C15H15N3O3S. The van der Waals surface area contributed by atoms with Crippen LogP contribution in [0, 0.1) is 0 Å². The summed E-state index contributed by atoms with van der Waals surface area (Å²) in [5, 5.41) is 8.67. The van der Waals surface area contributed by atoms with Crippen LogP contribution in [0.3, 0.4) is 0 Å². The van der Waals surface area contributed by atoms with Gasteiger partial charge >= 0.3 is 0 Å². The van der Waals surface area contributed by atoms with Gasteiger partial charge in [-0.25, -0.2) is 4.98 Å². The standard InChI is InChI=1S/C15H15N3O3S/c19-14(17-10-2-3-10)11-7-22-15(18-11)16-6-9-1-4-12-13(5-9)21-8-20-12/h1,4-5,7,10H,2-3,6,8H2,(H,16,18)(H,17,19). The van der Waals surface area contributed by atoms with E-state index in [9.17, 15) is 4.79 Å². The van der Waals surface area contributed by atoms with Crippen LogP contribution in [0.25, 0.3) is 0 Å². The number of rotatable bonds is 5. The zero-order valence-corrected chi connectivity index (χ0v) is 12.6. The van der Waals surface area contributed by atoms with Crippen LogP contribution in [-0.2, 0) is 6.54 Å². The molecule has 1 amide bonds. The van der Waals surface area contributed by atoms with Crippen LogP contribution in [0.15, 0.2) is 23.6 Å². The minimum Gasteiger partial charge on any atom is -0.454 e. The van der Waals surface area contributed by atoms with Crippen molar-refractivity contribution in [3.8, 4) is 11.5 Å². The second-order valence-corrected chi connectivity index (χ2v) is 6.18. The molecule has 7 heteroatoms. The molecule has 0 radical (unpaired) electrons. The van der Waals surface area contributed by atoms with Gasteiger partial charge in [0.25, 0.3) is 5.91 Å². The summed E-state index contributed by atoms with van der Waals surface area (Å²) < 4.78 is 10.6. The molecule has 1 aromatic heterocycles. The summed E-state index contributed by atoms with van der Waals surface area (Å²) in [7, 11) is 0. The molecule has 0 bridgehead atoms. The maximum Gasteiger partial charge on any atom is 0.271 e. The van der Waals surface area contributed by atoms with Crippen LogP contribution in [0.4, 0.5) is 5.13 Å². The number of fused-ring (bicyclic) bond motifs is 1. The molecule has 1 fully saturated rings. The van der Waals surface area contributed by atoms with Crippen molar-refractivity contribution in [1.29, 1.82) is 0 Å². The first-order valence-corrected chi connectivity index (χ1v) is 8.05. The van der Waals surface area contributed by atoms with Gasteiger partial charge in [0.1, 0.15) is 5.69 Å². The lowest BCUT2D eigenvalue weighted by Crippen LogP contribution is -2.25. The van der Waals surface area contributed by atoms with E-state index in [-0.39, 0.29) is 12.7 Å². The molecular weight excluding hydrogens is 302 g/mol. The van der Waals surface area contributed by atoms with E-state index in [4.69, 9.17) is 9.47 Å². The van der Waals surface area contributed by atoms with Crippen LogP contribution in [-0.4, -0.2) is 23.7 Å². The minimum absolute atomic E-state index is 0.0881. The Morgan fingerprint density at radius 3 is 3.05 bits per heavy atom. The lowest BCUT2D eigenvalue weighted by Gasteiger charge is -2.04. The number of aromatic nitrogens is 1. The van der Waals surface area contributed by atoms with Crippen LogP contribution in [0.5, 0.6) is 11.5 Å². The van der Waals surface area contributed by atoms with Crippen molar-refractivity contribution in [1.82, 2.24) is 10.3 Å². The van der Waals surface area contributed by atoms with Gasteiger partial charge in [-0.1, -0.05) is 6.07 Å². The van der Waals surface area contributed by atoms with E-state index < -0.39 is 0 Å². The summed E-state index contributed by atoms with van der Waals surface area (Å²) in [5.41, 5.74) is 1.55. The first kappa shape index (κ1) is 13.4. The molecule has 2 heterocycles. The zero-order valence-electron chi connectivity index (χ0n) is 11.8. The quantitative estimate of drug-likeness (QED) is 0.886. The summed E-state index contributed by atoms with van der Waals surface area (Å²) in [6, 6.07) is 6.17. The van der Waals surface area contributed by atoms with E-state index >= 15 is 0 Å². The second-order valence-electron chi connectivity index (χ2n) is 5.33. The number of nitrogens with one attached hydrogen (secondary N) is 2. The van der Waals surface area contributed by atoms with Crippen LogP contribution < -0.4 is 20.1 Å². The molecule has 4 rings (SSSR count).